The van der Waals surface area contributed by atoms with Crippen LogP contribution in [0.2, 0.25) is 0 Å². The minimum Gasteiger partial charge on any atom is -0.342 e. The number of alkyl halides is 1. The van der Waals surface area contributed by atoms with Crippen LogP contribution in [0.25, 0.3) is 11.0 Å². The molecule has 1 aromatic heterocycles. The zero-order valence-electron chi connectivity index (χ0n) is 10.00. The number of hydrogen-bond acceptors (Lipinski definition) is 2. The number of nitrogens with one attached hydrogen (secondary N) is 1. The predicted molar refractivity (Wildman–Crippen MR) is 74.8 cm³/mol. The highest BCUT2D eigenvalue weighted by molar-refractivity contribution is 9.09. The summed E-state index contributed by atoms with van der Waals surface area (Å²) in [4.78, 5) is 9.97. The number of anilines is 1. The van der Waals surface area contributed by atoms with Crippen LogP contribution in [0.1, 0.15) is 12.8 Å². The molecule has 0 unspecified atom stereocenters. The summed E-state index contributed by atoms with van der Waals surface area (Å²) in [6, 6.07) is 4.66. The van der Waals surface area contributed by atoms with Crippen molar-refractivity contribution in [2.24, 2.45) is 5.92 Å². The minimum atomic E-state index is -0.226. The lowest BCUT2D eigenvalue weighted by atomic mass is 10.00. The minimum absolute atomic E-state index is 0.226. The van der Waals surface area contributed by atoms with Crippen LogP contribution in [0.3, 0.4) is 0 Å². The summed E-state index contributed by atoms with van der Waals surface area (Å²) in [5.74, 6) is 1.40. The van der Waals surface area contributed by atoms with Gasteiger partial charge in [0.05, 0.1) is 11.0 Å². The van der Waals surface area contributed by atoms with Crippen molar-refractivity contribution in [3.63, 3.8) is 0 Å². The lowest BCUT2D eigenvalue weighted by Gasteiger charge is -2.30. The van der Waals surface area contributed by atoms with Crippen LogP contribution in [-0.2, 0) is 0 Å². The molecule has 2 heterocycles. The first kappa shape index (κ1) is 12.0. The van der Waals surface area contributed by atoms with E-state index in [-0.39, 0.29) is 5.82 Å². The van der Waals surface area contributed by atoms with Gasteiger partial charge in [-0.2, -0.15) is 0 Å². The van der Waals surface area contributed by atoms with E-state index >= 15 is 0 Å². The van der Waals surface area contributed by atoms with Crippen LogP contribution in [0.15, 0.2) is 18.2 Å². The Hall–Kier alpha value is -1.10. The topological polar surface area (TPSA) is 31.9 Å². The third-order valence-electron chi connectivity index (χ3n) is 3.56. The van der Waals surface area contributed by atoms with Crippen molar-refractivity contribution in [3.8, 4) is 0 Å². The van der Waals surface area contributed by atoms with E-state index in [0.717, 1.165) is 41.3 Å². The fourth-order valence-electron chi connectivity index (χ4n) is 2.42. The Balaban J connectivity index is 1.82. The van der Waals surface area contributed by atoms with Gasteiger partial charge < -0.3 is 9.88 Å². The molecule has 0 aliphatic carbocycles. The normalized spacial score (nSPS) is 17.6. The quantitative estimate of drug-likeness (QED) is 0.863. The van der Waals surface area contributed by atoms with Crippen molar-refractivity contribution in [3.05, 3.63) is 24.0 Å². The highest BCUT2D eigenvalue weighted by Gasteiger charge is 2.20. The Morgan fingerprint density at radius 3 is 2.89 bits per heavy atom. The summed E-state index contributed by atoms with van der Waals surface area (Å²) < 4.78 is 13.1. The van der Waals surface area contributed by atoms with E-state index in [1.165, 1.54) is 25.0 Å². The molecule has 3 rings (SSSR count). The number of aromatic amines is 1. The molecule has 18 heavy (non-hydrogen) atoms. The zero-order chi connectivity index (χ0) is 12.5. The van der Waals surface area contributed by atoms with E-state index in [4.69, 9.17) is 0 Å². The van der Waals surface area contributed by atoms with Gasteiger partial charge in [0, 0.05) is 18.4 Å². The number of fused-ring (bicyclic) bond motifs is 1. The molecule has 5 heteroatoms. The number of benzene rings is 1. The Kier molecular flexibility index (Phi) is 3.24. The van der Waals surface area contributed by atoms with Crippen LogP contribution in [-0.4, -0.2) is 28.4 Å². The zero-order valence-corrected chi connectivity index (χ0v) is 11.6. The van der Waals surface area contributed by atoms with E-state index in [2.05, 4.69) is 30.8 Å². The van der Waals surface area contributed by atoms with Crippen molar-refractivity contribution in [2.75, 3.05) is 23.3 Å². The monoisotopic (exact) mass is 311 g/mol. The van der Waals surface area contributed by atoms with Crippen LogP contribution >= 0.6 is 15.9 Å². The van der Waals surface area contributed by atoms with Gasteiger partial charge in [0.1, 0.15) is 5.82 Å². The number of nitrogens with zero attached hydrogens (tertiary/aromatic N) is 2. The molecule has 0 radical (unpaired) electrons. The maximum atomic E-state index is 13.1. The van der Waals surface area contributed by atoms with E-state index in [9.17, 15) is 4.39 Å². The second-order valence-electron chi connectivity index (χ2n) is 4.81. The first-order chi connectivity index (χ1) is 8.76. The summed E-state index contributed by atoms with van der Waals surface area (Å²) in [5, 5.41) is 1.08. The van der Waals surface area contributed by atoms with Crippen molar-refractivity contribution in [1.82, 2.24) is 9.97 Å². The number of aromatic nitrogens is 2. The average molecular weight is 312 g/mol. The molecular formula is C13H15BrFN3. The van der Waals surface area contributed by atoms with Crippen LogP contribution in [0.5, 0.6) is 0 Å². The molecule has 3 nitrogen and oxygen atoms in total. The van der Waals surface area contributed by atoms with Crippen LogP contribution in [0.4, 0.5) is 10.3 Å². The Labute approximate surface area is 114 Å². The SMILES string of the molecule is Fc1ccc2nc(N3CCC(CBr)CC3)[nH]c2c1. The largest absolute Gasteiger partial charge is 0.342 e. The Morgan fingerprint density at radius 1 is 1.39 bits per heavy atom. The Bertz CT molecular complexity index is 546. The van der Waals surface area contributed by atoms with Gasteiger partial charge in [-0.25, -0.2) is 9.37 Å². The molecular weight excluding hydrogens is 297 g/mol. The fourth-order valence-corrected chi connectivity index (χ4v) is 3.06. The molecule has 1 aromatic carbocycles. The van der Waals surface area contributed by atoms with Gasteiger partial charge in [-0.3, -0.25) is 0 Å². The first-order valence-electron chi connectivity index (χ1n) is 6.22. The maximum Gasteiger partial charge on any atom is 0.203 e. The van der Waals surface area contributed by atoms with Crippen molar-refractivity contribution in [2.45, 2.75) is 12.8 Å². The highest BCUT2D eigenvalue weighted by atomic mass is 79.9. The van der Waals surface area contributed by atoms with Gasteiger partial charge >= 0.3 is 0 Å². The van der Waals surface area contributed by atoms with Crippen molar-refractivity contribution < 1.29 is 4.39 Å². The second-order valence-corrected chi connectivity index (χ2v) is 5.45. The molecule has 96 valence electrons. The van der Waals surface area contributed by atoms with Gasteiger partial charge in [0.15, 0.2) is 0 Å². The summed E-state index contributed by atoms with van der Waals surface area (Å²) in [5.41, 5.74) is 1.60. The van der Waals surface area contributed by atoms with E-state index < -0.39 is 0 Å². The second kappa shape index (κ2) is 4.88. The fraction of sp³-hybridized carbons (Fsp3) is 0.462. The smallest absolute Gasteiger partial charge is 0.203 e. The molecule has 0 bridgehead atoms. The molecule has 1 fully saturated rings. The van der Waals surface area contributed by atoms with Crippen LogP contribution in [0, 0.1) is 11.7 Å². The number of imidazole rings is 1. The van der Waals surface area contributed by atoms with Crippen LogP contribution < -0.4 is 4.90 Å². The lowest BCUT2D eigenvalue weighted by molar-refractivity contribution is 0.443. The molecule has 2 aromatic rings. The molecule has 1 saturated heterocycles. The number of halogens is 2. The number of hydrogen-bond donors (Lipinski definition) is 1. The van der Waals surface area contributed by atoms with E-state index in [1.54, 1.807) is 6.07 Å². The number of rotatable bonds is 2. The van der Waals surface area contributed by atoms with Gasteiger partial charge in [-0.1, -0.05) is 15.9 Å². The molecule has 0 spiro atoms. The Morgan fingerprint density at radius 2 is 2.17 bits per heavy atom. The number of H-pyrrole nitrogens is 1. The third-order valence-corrected chi connectivity index (χ3v) is 4.48. The predicted octanol–water partition coefficient (Wildman–Crippen LogP) is 3.31. The molecule has 1 N–H and O–H groups in total. The highest BCUT2D eigenvalue weighted by Crippen LogP contribution is 2.24. The van der Waals surface area contributed by atoms with E-state index in [1.807, 2.05) is 0 Å². The lowest BCUT2D eigenvalue weighted by Crippen LogP contribution is -2.34. The van der Waals surface area contributed by atoms with Crippen molar-refractivity contribution >= 4 is 32.9 Å². The summed E-state index contributed by atoms with van der Waals surface area (Å²) in [6.45, 7) is 2.02. The molecule has 1 aliphatic rings. The van der Waals surface area contributed by atoms with Gasteiger partial charge in [-0.15, -0.1) is 0 Å². The standard InChI is InChI=1S/C13H15BrFN3/c14-8-9-3-5-18(6-4-9)13-16-11-2-1-10(15)7-12(11)17-13/h1-2,7,9H,3-6,8H2,(H,16,17). The van der Waals surface area contributed by atoms with E-state index in [0.29, 0.717) is 0 Å². The molecule has 0 atom stereocenters. The molecule has 1 aliphatic heterocycles. The van der Waals surface area contributed by atoms with Crippen molar-refractivity contribution in [1.29, 1.82) is 0 Å². The summed E-state index contributed by atoms with van der Waals surface area (Å²) >= 11 is 3.54. The first-order valence-corrected chi connectivity index (χ1v) is 7.34. The molecule has 0 amide bonds. The molecule has 0 saturated carbocycles. The number of piperidine rings is 1. The third kappa shape index (κ3) is 2.23. The maximum absolute atomic E-state index is 13.1. The summed E-state index contributed by atoms with van der Waals surface area (Å²) in [7, 11) is 0. The van der Waals surface area contributed by atoms with Gasteiger partial charge in [-0.05, 0) is 37.0 Å². The van der Waals surface area contributed by atoms with Gasteiger partial charge in [0.2, 0.25) is 5.95 Å². The summed E-state index contributed by atoms with van der Waals surface area (Å²) in [6.07, 6.45) is 2.35. The average Bonchev–Trinajstić information content (AvgIpc) is 2.81. The van der Waals surface area contributed by atoms with Gasteiger partial charge in [0.25, 0.3) is 0 Å².